The Kier molecular flexibility index (Phi) is 8.93. The van der Waals surface area contributed by atoms with Gasteiger partial charge in [-0.25, -0.2) is 4.39 Å². The number of nitrogens with zero attached hydrogens (tertiary/aromatic N) is 3. The highest BCUT2D eigenvalue weighted by molar-refractivity contribution is 14.0. The summed E-state index contributed by atoms with van der Waals surface area (Å²) in [5, 5.41) is 11.0. The summed E-state index contributed by atoms with van der Waals surface area (Å²) in [4.78, 5) is 4.23. The van der Waals surface area contributed by atoms with E-state index in [4.69, 9.17) is 0 Å². The monoisotopic (exact) mass is 493 g/mol. The minimum absolute atomic E-state index is 0. The Hall–Kier alpha value is -2.42. The fourth-order valence-corrected chi connectivity index (χ4v) is 2.74. The third kappa shape index (κ3) is 6.95. The Balaban J connectivity index is 0.00000280. The topological polar surface area (TPSA) is 54.2 Å². The van der Waals surface area contributed by atoms with Gasteiger partial charge in [0.15, 0.2) is 5.96 Å². The van der Waals surface area contributed by atoms with Crippen LogP contribution in [0.5, 0.6) is 0 Å². The van der Waals surface area contributed by atoms with Gasteiger partial charge in [0.05, 0.1) is 12.7 Å². The minimum atomic E-state index is -0.211. The van der Waals surface area contributed by atoms with Crippen LogP contribution in [0.3, 0.4) is 0 Å². The van der Waals surface area contributed by atoms with Crippen LogP contribution >= 0.6 is 24.0 Å². The molecule has 2 aromatic carbocycles. The number of rotatable bonds is 7. The normalized spacial score (nSPS) is 11.0. The van der Waals surface area contributed by atoms with Crippen LogP contribution in [0.15, 0.2) is 72.0 Å². The molecule has 3 aromatic rings. The van der Waals surface area contributed by atoms with Crippen molar-refractivity contribution in [1.29, 1.82) is 0 Å². The highest BCUT2D eigenvalue weighted by atomic mass is 127. The van der Waals surface area contributed by atoms with Crippen molar-refractivity contribution in [3.05, 3.63) is 89.5 Å². The van der Waals surface area contributed by atoms with Gasteiger partial charge >= 0.3 is 0 Å². The summed E-state index contributed by atoms with van der Waals surface area (Å²) in [6.07, 6.45) is 4.70. The van der Waals surface area contributed by atoms with E-state index in [9.17, 15) is 4.39 Å². The Morgan fingerprint density at radius 1 is 1.00 bits per heavy atom. The summed E-state index contributed by atoms with van der Waals surface area (Å²) >= 11 is 0. The molecular weight excluding hydrogens is 468 g/mol. The maximum absolute atomic E-state index is 12.9. The fraction of sp³-hybridized carbons (Fsp3) is 0.238. The number of aliphatic imine (C=N–C) groups is 1. The van der Waals surface area contributed by atoms with Gasteiger partial charge in [0.25, 0.3) is 0 Å². The van der Waals surface area contributed by atoms with E-state index < -0.39 is 0 Å². The zero-order chi connectivity index (χ0) is 18.9. The summed E-state index contributed by atoms with van der Waals surface area (Å²) in [6, 6.07) is 16.8. The van der Waals surface area contributed by atoms with Gasteiger partial charge in [-0.3, -0.25) is 9.67 Å². The number of hydrogen-bond acceptors (Lipinski definition) is 2. The molecule has 5 nitrogen and oxygen atoms in total. The predicted molar refractivity (Wildman–Crippen MR) is 121 cm³/mol. The highest BCUT2D eigenvalue weighted by Crippen LogP contribution is 2.04. The summed E-state index contributed by atoms with van der Waals surface area (Å²) < 4.78 is 14.9. The molecular formula is C21H25FIN5. The average Bonchev–Trinajstić information content (AvgIpc) is 3.14. The maximum atomic E-state index is 12.9. The van der Waals surface area contributed by atoms with Crippen LogP contribution in [0, 0.1) is 5.82 Å². The second kappa shape index (κ2) is 11.4. The van der Waals surface area contributed by atoms with Gasteiger partial charge in [-0.15, -0.1) is 24.0 Å². The van der Waals surface area contributed by atoms with Gasteiger partial charge in [-0.2, -0.15) is 5.10 Å². The van der Waals surface area contributed by atoms with Gasteiger partial charge in [0.1, 0.15) is 5.82 Å². The molecule has 0 radical (unpaired) electrons. The van der Waals surface area contributed by atoms with Gasteiger partial charge in [0, 0.05) is 31.9 Å². The third-order valence-electron chi connectivity index (χ3n) is 4.18. The first kappa shape index (κ1) is 21.9. The summed E-state index contributed by atoms with van der Waals surface area (Å²) in [5.41, 5.74) is 3.40. The van der Waals surface area contributed by atoms with Crippen LogP contribution in [0.25, 0.3) is 0 Å². The predicted octanol–water partition coefficient (Wildman–Crippen LogP) is 3.60. The van der Waals surface area contributed by atoms with Crippen molar-refractivity contribution in [2.24, 2.45) is 4.99 Å². The molecule has 0 spiro atoms. The number of benzene rings is 2. The van der Waals surface area contributed by atoms with Crippen molar-refractivity contribution < 1.29 is 4.39 Å². The Morgan fingerprint density at radius 2 is 1.75 bits per heavy atom. The van der Waals surface area contributed by atoms with Gasteiger partial charge in [-0.05, 0) is 29.7 Å². The molecule has 1 heterocycles. The fourth-order valence-electron chi connectivity index (χ4n) is 2.74. The highest BCUT2D eigenvalue weighted by Gasteiger charge is 2.02. The van der Waals surface area contributed by atoms with E-state index in [2.05, 4.69) is 32.9 Å². The molecule has 1 aromatic heterocycles. The van der Waals surface area contributed by atoms with E-state index in [-0.39, 0.29) is 29.8 Å². The second-order valence-electron chi connectivity index (χ2n) is 6.26. The zero-order valence-electron chi connectivity index (χ0n) is 15.8. The molecule has 0 aliphatic carbocycles. The quantitative estimate of drug-likeness (QED) is 0.301. The average molecular weight is 493 g/mol. The SMILES string of the molecule is CN=C(NCCc1ccc(F)cc1)NCc1cnn(Cc2ccccc2)c1.I. The summed E-state index contributed by atoms with van der Waals surface area (Å²) in [5.74, 6) is 0.518. The molecule has 0 aliphatic heterocycles. The molecule has 28 heavy (non-hydrogen) atoms. The molecule has 0 fully saturated rings. The molecule has 0 saturated carbocycles. The van der Waals surface area contributed by atoms with E-state index >= 15 is 0 Å². The van der Waals surface area contributed by atoms with Crippen molar-refractivity contribution in [2.75, 3.05) is 13.6 Å². The Labute approximate surface area is 182 Å². The number of nitrogens with one attached hydrogen (secondary N) is 2. The maximum Gasteiger partial charge on any atom is 0.191 e. The molecule has 0 saturated heterocycles. The number of hydrogen-bond donors (Lipinski definition) is 2. The van der Waals surface area contributed by atoms with Gasteiger partial charge in [0.2, 0.25) is 0 Å². The summed E-state index contributed by atoms with van der Waals surface area (Å²) in [7, 11) is 1.74. The smallest absolute Gasteiger partial charge is 0.191 e. The number of halogens is 2. The van der Waals surface area contributed by atoms with Crippen molar-refractivity contribution in [2.45, 2.75) is 19.5 Å². The number of aromatic nitrogens is 2. The largest absolute Gasteiger partial charge is 0.356 e. The van der Waals surface area contributed by atoms with Gasteiger partial charge < -0.3 is 10.6 Å². The van der Waals surface area contributed by atoms with Crippen molar-refractivity contribution >= 4 is 29.9 Å². The van der Waals surface area contributed by atoms with Crippen LogP contribution in [-0.2, 0) is 19.5 Å². The Morgan fingerprint density at radius 3 is 2.46 bits per heavy atom. The summed E-state index contributed by atoms with van der Waals surface area (Å²) in [6.45, 7) is 2.12. The third-order valence-corrected chi connectivity index (χ3v) is 4.18. The van der Waals surface area contributed by atoms with E-state index in [1.54, 1.807) is 19.2 Å². The lowest BCUT2D eigenvalue weighted by Crippen LogP contribution is -2.37. The molecule has 3 rings (SSSR count). The lowest BCUT2D eigenvalue weighted by molar-refractivity contribution is 0.626. The van der Waals surface area contributed by atoms with Crippen LogP contribution < -0.4 is 10.6 Å². The number of guanidine groups is 1. The Bertz CT molecular complexity index is 862. The standard InChI is InChI=1S/C21H24FN5.HI/c1-23-21(24-12-11-17-7-9-20(22)10-8-17)25-13-19-14-26-27(16-19)15-18-5-3-2-4-6-18;/h2-10,14,16H,11-13,15H2,1H3,(H2,23,24,25);1H. The molecule has 0 atom stereocenters. The molecule has 0 aliphatic rings. The van der Waals surface area contributed by atoms with E-state index in [0.29, 0.717) is 6.54 Å². The first-order chi connectivity index (χ1) is 13.2. The lowest BCUT2D eigenvalue weighted by atomic mass is 10.1. The van der Waals surface area contributed by atoms with Crippen molar-refractivity contribution in [3.8, 4) is 0 Å². The second-order valence-corrected chi connectivity index (χ2v) is 6.26. The van der Waals surface area contributed by atoms with Crippen LogP contribution in [0.2, 0.25) is 0 Å². The van der Waals surface area contributed by atoms with Crippen LogP contribution in [0.1, 0.15) is 16.7 Å². The molecule has 7 heteroatoms. The van der Waals surface area contributed by atoms with Crippen LogP contribution in [0.4, 0.5) is 4.39 Å². The molecule has 0 bridgehead atoms. The van der Waals surface area contributed by atoms with E-state index in [0.717, 1.165) is 36.6 Å². The lowest BCUT2D eigenvalue weighted by Gasteiger charge is -2.11. The first-order valence-corrected chi connectivity index (χ1v) is 8.97. The molecule has 148 valence electrons. The van der Waals surface area contributed by atoms with E-state index in [1.165, 1.54) is 17.7 Å². The minimum Gasteiger partial charge on any atom is -0.356 e. The molecule has 2 N–H and O–H groups in total. The van der Waals surface area contributed by atoms with Crippen molar-refractivity contribution in [1.82, 2.24) is 20.4 Å². The first-order valence-electron chi connectivity index (χ1n) is 8.97. The van der Waals surface area contributed by atoms with E-state index in [1.807, 2.05) is 35.3 Å². The van der Waals surface area contributed by atoms with Crippen LogP contribution in [-0.4, -0.2) is 29.3 Å². The zero-order valence-corrected chi connectivity index (χ0v) is 18.1. The van der Waals surface area contributed by atoms with Gasteiger partial charge in [-0.1, -0.05) is 42.5 Å². The van der Waals surface area contributed by atoms with Crippen molar-refractivity contribution in [3.63, 3.8) is 0 Å². The molecule has 0 unspecified atom stereocenters. The molecule has 0 amide bonds.